The Morgan fingerprint density at radius 3 is 2.20 bits per heavy atom. The summed E-state index contributed by atoms with van der Waals surface area (Å²) in [5, 5.41) is 11.3. The molecule has 1 saturated heterocycles. The van der Waals surface area contributed by atoms with Crippen LogP contribution in [0.5, 0.6) is 0 Å². The molecule has 0 unspecified atom stereocenters. The van der Waals surface area contributed by atoms with E-state index in [0.717, 1.165) is 0 Å². The van der Waals surface area contributed by atoms with E-state index < -0.39 is 35.3 Å². The minimum Gasteiger partial charge on any atom is -0.480 e. The number of aliphatic carboxylic acids is 1. The SMILES string of the molecule is CCC[C@@H](C(=O)O)N1C(=O)NC(=O)C(CC)(CC)C1=O. The fourth-order valence-corrected chi connectivity index (χ4v) is 2.49. The highest BCUT2D eigenvalue weighted by Crippen LogP contribution is 2.33. The van der Waals surface area contributed by atoms with Crippen LogP contribution in [0.25, 0.3) is 0 Å². The lowest BCUT2D eigenvalue weighted by Gasteiger charge is -2.40. The summed E-state index contributed by atoms with van der Waals surface area (Å²) in [6.45, 7) is 5.11. The van der Waals surface area contributed by atoms with Gasteiger partial charge in [0, 0.05) is 0 Å². The molecule has 0 aromatic rings. The maximum atomic E-state index is 12.5. The lowest BCUT2D eigenvalue weighted by atomic mass is 9.78. The Morgan fingerprint density at radius 2 is 1.80 bits per heavy atom. The Balaban J connectivity index is 3.24. The molecule has 7 heteroatoms. The van der Waals surface area contributed by atoms with E-state index in [-0.39, 0.29) is 19.3 Å². The van der Waals surface area contributed by atoms with Crippen molar-refractivity contribution in [3.8, 4) is 0 Å². The van der Waals surface area contributed by atoms with E-state index in [4.69, 9.17) is 0 Å². The fourth-order valence-electron chi connectivity index (χ4n) is 2.49. The topological polar surface area (TPSA) is 104 Å². The number of carboxylic acid groups (broad SMARTS) is 1. The van der Waals surface area contributed by atoms with Crippen LogP contribution in [0.2, 0.25) is 0 Å². The first kappa shape index (κ1) is 16.1. The zero-order valence-electron chi connectivity index (χ0n) is 11.9. The Morgan fingerprint density at radius 1 is 1.25 bits per heavy atom. The molecule has 7 nitrogen and oxygen atoms in total. The van der Waals surface area contributed by atoms with Gasteiger partial charge in [-0.3, -0.25) is 14.9 Å². The van der Waals surface area contributed by atoms with Crippen molar-refractivity contribution in [3.05, 3.63) is 0 Å². The summed E-state index contributed by atoms with van der Waals surface area (Å²) >= 11 is 0. The number of barbiturate groups is 1. The van der Waals surface area contributed by atoms with Crippen LogP contribution in [0.1, 0.15) is 46.5 Å². The summed E-state index contributed by atoms with van der Waals surface area (Å²) < 4.78 is 0. The van der Waals surface area contributed by atoms with Crippen molar-refractivity contribution in [2.24, 2.45) is 5.41 Å². The first-order valence-corrected chi connectivity index (χ1v) is 6.77. The summed E-state index contributed by atoms with van der Waals surface area (Å²) in [5.41, 5.74) is -1.35. The minimum atomic E-state index is -1.35. The van der Waals surface area contributed by atoms with Crippen LogP contribution in [0.4, 0.5) is 4.79 Å². The van der Waals surface area contributed by atoms with Crippen molar-refractivity contribution in [1.29, 1.82) is 0 Å². The predicted molar refractivity (Wildman–Crippen MR) is 69.7 cm³/mol. The molecule has 4 amide bonds. The van der Waals surface area contributed by atoms with E-state index in [0.29, 0.717) is 11.3 Å². The van der Waals surface area contributed by atoms with Gasteiger partial charge in [-0.25, -0.2) is 14.5 Å². The number of hydrogen-bond donors (Lipinski definition) is 2. The lowest BCUT2D eigenvalue weighted by Crippen LogP contribution is -2.66. The van der Waals surface area contributed by atoms with Crippen molar-refractivity contribution in [1.82, 2.24) is 10.2 Å². The molecule has 0 aliphatic carbocycles. The number of carbonyl (C=O) groups excluding carboxylic acids is 3. The number of carboxylic acids is 1. The molecule has 2 N–H and O–H groups in total. The second-order valence-corrected chi connectivity index (χ2v) is 4.87. The van der Waals surface area contributed by atoms with Crippen LogP contribution in [-0.4, -0.2) is 39.9 Å². The Hall–Kier alpha value is -1.92. The van der Waals surface area contributed by atoms with Gasteiger partial charge in [-0.15, -0.1) is 0 Å². The molecule has 0 aromatic carbocycles. The van der Waals surface area contributed by atoms with E-state index in [1.807, 2.05) is 0 Å². The molecule has 0 saturated carbocycles. The van der Waals surface area contributed by atoms with Crippen LogP contribution in [0.15, 0.2) is 0 Å². The fraction of sp³-hybridized carbons (Fsp3) is 0.692. The van der Waals surface area contributed by atoms with Gasteiger partial charge in [0.15, 0.2) is 0 Å². The lowest BCUT2D eigenvalue weighted by molar-refractivity contribution is -0.159. The number of amides is 4. The zero-order chi connectivity index (χ0) is 15.5. The molecule has 1 rings (SSSR count). The molecular weight excluding hydrogens is 264 g/mol. The van der Waals surface area contributed by atoms with Crippen molar-refractivity contribution in [2.45, 2.75) is 52.5 Å². The van der Waals surface area contributed by atoms with Crippen LogP contribution >= 0.6 is 0 Å². The number of hydrogen-bond acceptors (Lipinski definition) is 4. The molecule has 112 valence electrons. The third-order valence-electron chi connectivity index (χ3n) is 3.87. The van der Waals surface area contributed by atoms with Crippen LogP contribution < -0.4 is 5.32 Å². The number of carbonyl (C=O) groups is 4. The molecule has 1 aliphatic rings. The van der Waals surface area contributed by atoms with Gasteiger partial charge >= 0.3 is 12.0 Å². The highest BCUT2D eigenvalue weighted by atomic mass is 16.4. The Labute approximate surface area is 117 Å². The van der Waals surface area contributed by atoms with Gasteiger partial charge in [0.1, 0.15) is 11.5 Å². The number of rotatable bonds is 6. The summed E-state index contributed by atoms with van der Waals surface area (Å²) in [7, 11) is 0. The monoisotopic (exact) mass is 284 g/mol. The van der Waals surface area contributed by atoms with E-state index in [9.17, 15) is 24.3 Å². The van der Waals surface area contributed by atoms with Crippen LogP contribution in [0.3, 0.4) is 0 Å². The predicted octanol–water partition coefficient (Wildman–Crippen LogP) is 1.12. The summed E-state index contributed by atoms with van der Waals surface area (Å²) in [4.78, 5) is 48.4. The summed E-state index contributed by atoms with van der Waals surface area (Å²) in [5.74, 6) is -2.60. The molecule has 20 heavy (non-hydrogen) atoms. The van der Waals surface area contributed by atoms with Gasteiger partial charge in [0.05, 0.1) is 0 Å². The van der Waals surface area contributed by atoms with Gasteiger partial charge in [-0.2, -0.15) is 0 Å². The van der Waals surface area contributed by atoms with E-state index in [2.05, 4.69) is 5.32 Å². The van der Waals surface area contributed by atoms with E-state index >= 15 is 0 Å². The van der Waals surface area contributed by atoms with E-state index in [1.54, 1.807) is 20.8 Å². The standard InChI is InChI=1S/C13H20N2O5/c1-4-7-8(9(16)17)15-11(19)13(5-2,6-3)10(18)14-12(15)20/h8H,4-7H2,1-3H3,(H,16,17)(H,14,18,20)/t8-/m0/s1. The molecular formula is C13H20N2O5. The average molecular weight is 284 g/mol. The van der Waals surface area contributed by atoms with Gasteiger partial charge in [-0.05, 0) is 19.3 Å². The highest BCUT2D eigenvalue weighted by molar-refractivity contribution is 6.20. The smallest absolute Gasteiger partial charge is 0.331 e. The van der Waals surface area contributed by atoms with Crippen LogP contribution in [-0.2, 0) is 14.4 Å². The zero-order valence-corrected chi connectivity index (χ0v) is 11.9. The van der Waals surface area contributed by atoms with E-state index in [1.165, 1.54) is 0 Å². The number of urea groups is 1. The van der Waals surface area contributed by atoms with Crippen molar-refractivity contribution < 1.29 is 24.3 Å². The molecule has 1 aliphatic heterocycles. The molecule has 0 radical (unpaired) electrons. The van der Waals surface area contributed by atoms with Gasteiger partial charge in [0.25, 0.3) is 0 Å². The third kappa shape index (κ3) is 2.39. The van der Waals surface area contributed by atoms with Gasteiger partial charge < -0.3 is 5.11 Å². The normalized spacial score (nSPS) is 19.8. The molecule has 0 bridgehead atoms. The van der Waals surface area contributed by atoms with Gasteiger partial charge in [-0.1, -0.05) is 27.2 Å². The number of nitrogens with one attached hydrogen (secondary N) is 1. The highest BCUT2D eigenvalue weighted by Gasteiger charge is 2.54. The van der Waals surface area contributed by atoms with Crippen molar-refractivity contribution in [3.63, 3.8) is 0 Å². The minimum absolute atomic E-state index is 0.159. The van der Waals surface area contributed by atoms with Crippen molar-refractivity contribution in [2.75, 3.05) is 0 Å². The molecule has 1 heterocycles. The van der Waals surface area contributed by atoms with Gasteiger partial charge in [0.2, 0.25) is 11.8 Å². The largest absolute Gasteiger partial charge is 0.480 e. The maximum absolute atomic E-state index is 12.5. The first-order valence-electron chi connectivity index (χ1n) is 6.77. The Bertz CT molecular complexity index is 442. The summed E-state index contributed by atoms with van der Waals surface area (Å²) in [6.07, 6.45) is 1.10. The third-order valence-corrected chi connectivity index (χ3v) is 3.87. The summed E-state index contributed by atoms with van der Waals surface area (Å²) in [6, 6.07) is -2.18. The first-order chi connectivity index (χ1) is 9.35. The molecule has 1 atom stereocenters. The van der Waals surface area contributed by atoms with Crippen LogP contribution in [0, 0.1) is 5.41 Å². The number of nitrogens with zero attached hydrogens (tertiary/aromatic N) is 1. The molecule has 0 aromatic heterocycles. The second-order valence-electron chi connectivity index (χ2n) is 4.87. The maximum Gasteiger partial charge on any atom is 0.331 e. The average Bonchev–Trinajstić information content (AvgIpc) is 2.38. The number of imide groups is 2. The second kappa shape index (κ2) is 6.02. The van der Waals surface area contributed by atoms with Crippen molar-refractivity contribution >= 4 is 23.8 Å². The Kier molecular flexibility index (Phi) is 4.86. The molecule has 0 spiro atoms. The quantitative estimate of drug-likeness (QED) is 0.711. The molecule has 1 fully saturated rings.